The number of rotatable bonds is 6. The third-order valence-electron chi connectivity index (χ3n) is 4.49. The summed E-state index contributed by atoms with van der Waals surface area (Å²) in [5.41, 5.74) is 2.54. The van der Waals surface area contributed by atoms with Crippen LogP contribution in [-0.2, 0) is 6.54 Å². The van der Waals surface area contributed by atoms with Crippen LogP contribution in [0.25, 0.3) is 0 Å². The Kier molecular flexibility index (Phi) is 7.40. The number of likely N-dealkylation sites (tertiary alicyclic amines) is 1. The van der Waals surface area contributed by atoms with E-state index >= 15 is 0 Å². The summed E-state index contributed by atoms with van der Waals surface area (Å²) in [5, 5.41) is 6.88. The van der Waals surface area contributed by atoms with Crippen LogP contribution in [0.5, 0.6) is 0 Å². The molecule has 1 saturated heterocycles. The highest BCUT2D eigenvalue weighted by molar-refractivity contribution is 5.79. The predicted molar refractivity (Wildman–Crippen MR) is 98.8 cm³/mol. The molecule has 1 atom stereocenters. The van der Waals surface area contributed by atoms with Crippen LogP contribution in [0.2, 0.25) is 0 Å². The maximum absolute atomic E-state index is 4.72. The summed E-state index contributed by atoms with van der Waals surface area (Å²) in [4.78, 5) is 7.27. The third kappa shape index (κ3) is 6.22. The molecule has 0 aromatic heterocycles. The molecule has 4 nitrogen and oxygen atoms in total. The first-order valence-electron chi connectivity index (χ1n) is 9.01. The minimum Gasteiger partial charge on any atom is -0.357 e. The van der Waals surface area contributed by atoms with Crippen molar-refractivity contribution in [3.8, 4) is 0 Å². The molecule has 1 heterocycles. The first kappa shape index (κ1) is 17.8. The molecule has 0 bridgehead atoms. The number of hydrogen-bond donors (Lipinski definition) is 2. The predicted octanol–water partition coefficient (Wildman–Crippen LogP) is 2.78. The topological polar surface area (TPSA) is 39.7 Å². The van der Waals surface area contributed by atoms with Crippen LogP contribution in [0, 0.1) is 12.8 Å². The number of aryl methyl sites for hydroxylation is 1. The van der Waals surface area contributed by atoms with E-state index in [4.69, 9.17) is 4.99 Å². The summed E-state index contributed by atoms with van der Waals surface area (Å²) < 4.78 is 0. The van der Waals surface area contributed by atoms with Crippen molar-refractivity contribution in [3.05, 3.63) is 35.4 Å². The van der Waals surface area contributed by atoms with Crippen molar-refractivity contribution in [1.82, 2.24) is 15.5 Å². The normalized spacial score (nSPS) is 19.6. The summed E-state index contributed by atoms with van der Waals surface area (Å²) in [5.74, 6) is 1.66. The molecule has 1 aliphatic rings. The van der Waals surface area contributed by atoms with E-state index in [-0.39, 0.29) is 0 Å². The SMILES string of the molecule is CCNC(=NCc1ccc(C)cc1)NCC1CCCN(CC)C1. The van der Waals surface area contributed by atoms with Crippen molar-refractivity contribution in [1.29, 1.82) is 0 Å². The van der Waals surface area contributed by atoms with Gasteiger partial charge in [0.2, 0.25) is 0 Å². The van der Waals surface area contributed by atoms with Gasteiger partial charge in [-0.15, -0.1) is 0 Å². The van der Waals surface area contributed by atoms with E-state index in [1.807, 2.05) is 0 Å². The van der Waals surface area contributed by atoms with Crippen LogP contribution in [0.3, 0.4) is 0 Å². The lowest BCUT2D eigenvalue weighted by molar-refractivity contribution is 0.183. The molecular weight excluding hydrogens is 284 g/mol. The molecule has 0 radical (unpaired) electrons. The maximum atomic E-state index is 4.72. The molecule has 4 heteroatoms. The molecule has 2 N–H and O–H groups in total. The minimum absolute atomic E-state index is 0.724. The van der Waals surface area contributed by atoms with Gasteiger partial charge < -0.3 is 15.5 Å². The van der Waals surface area contributed by atoms with E-state index in [0.717, 1.165) is 38.1 Å². The molecule has 0 spiro atoms. The molecule has 1 aliphatic heterocycles. The van der Waals surface area contributed by atoms with Gasteiger partial charge in [-0.2, -0.15) is 0 Å². The second kappa shape index (κ2) is 9.56. The Balaban J connectivity index is 1.85. The highest BCUT2D eigenvalue weighted by atomic mass is 15.2. The van der Waals surface area contributed by atoms with E-state index in [1.165, 1.54) is 37.1 Å². The molecule has 2 rings (SSSR count). The highest BCUT2D eigenvalue weighted by Crippen LogP contribution is 2.15. The van der Waals surface area contributed by atoms with Gasteiger partial charge in [0.1, 0.15) is 0 Å². The Morgan fingerprint density at radius 2 is 2.00 bits per heavy atom. The Labute approximate surface area is 141 Å². The molecule has 1 fully saturated rings. The van der Waals surface area contributed by atoms with Crippen LogP contribution in [-0.4, -0.2) is 43.6 Å². The first-order valence-corrected chi connectivity index (χ1v) is 9.01. The Bertz CT molecular complexity index is 481. The number of guanidine groups is 1. The van der Waals surface area contributed by atoms with Gasteiger partial charge in [-0.05, 0) is 51.3 Å². The molecule has 1 unspecified atom stereocenters. The lowest BCUT2D eigenvalue weighted by Gasteiger charge is -2.32. The smallest absolute Gasteiger partial charge is 0.191 e. The summed E-state index contributed by atoms with van der Waals surface area (Å²) in [6.45, 7) is 12.7. The summed E-state index contributed by atoms with van der Waals surface area (Å²) in [6, 6.07) is 8.60. The van der Waals surface area contributed by atoms with Crippen LogP contribution < -0.4 is 10.6 Å². The van der Waals surface area contributed by atoms with E-state index in [1.54, 1.807) is 0 Å². The molecule has 0 amide bonds. The van der Waals surface area contributed by atoms with Gasteiger partial charge in [0.15, 0.2) is 5.96 Å². The van der Waals surface area contributed by atoms with E-state index in [2.05, 4.69) is 60.6 Å². The van der Waals surface area contributed by atoms with Crippen LogP contribution in [0.1, 0.15) is 37.8 Å². The largest absolute Gasteiger partial charge is 0.357 e. The summed E-state index contributed by atoms with van der Waals surface area (Å²) >= 11 is 0. The van der Waals surface area contributed by atoms with Gasteiger partial charge in [-0.25, -0.2) is 4.99 Å². The number of piperidine rings is 1. The van der Waals surface area contributed by atoms with Gasteiger partial charge in [-0.3, -0.25) is 0 Å². The van der Waals surface area contributed by atoms with Gasteiger partial charge in [0, 0.05) is 19.6 Å². The Morgan fingerprint density at radius 1 is 1.22 bits per heavy atom. The molecule has 1 aromatic rings. The quantitative estimate of drug-likeness (QED) is 0.626. The van der Waals surface area contributed by atoms with Gasteiger partial charge in [0.05, 0.1) is 6.54 Å². The zero-order valence-electron chi connectivity index (χ0n) is 14.9. The van der Waals surface area contributed by atoms with Gasteiger partial charge in [-0.1, -0.05) is 36.8 Å². The van der Waals surface area contributed by atoms with Crippen molar-refractivity contribution in [2.75, 3.05) is 32.7 Å². The standard InChI is InChI=1S/C19H32N4/c1-4-20-19(21-13-17-10-8-16(3)9-11-17)22-14-18-7-6-12-23(5-2)15-18/h8-11,18H,4-7,12-15H2,1-3H3,(H2,20,21,22). The zero-order chi connectivity index (χ0) is 16.5. The summed E-state index contributed by atoms with van der Waals surface area (Å²) in [7, 11) is 0. The summed E-state index contributed by atoms with van der Waals surface area (Å²) in [6.07, 6.45) is 2.64. The van der Waals surface area contributed by atoms with Crippen molar-refractivity contribution in [2.24, 2.45) is 10.9 Å². The van der Waals surface area contributed by atoms with E-state index in [9.17, 15) is 0 Å². The number of hydrogen-bond acceptors (Lipinski definition) is 2. The van der Waals surface area contributed by atoms with Gasteiger partial charge in [0.25, 0.3) is 0 Å². The van der Waals surface area contributed by atoms with Crippen LogP contribution >= 0.6 is 0 Å². The second-order valence-corrected chi connectivity index (χ2v) is 6.46. The number of nitrogens with zero attached hydrogens (tertiary/aromatic N) is 2. The van der Waals surface area contributed by atoms with Crippen LogP contribution in [0.15, 0.2) is 29.3 Å². The molecule has 1 aromatic carbocycles. The number of nitrogens with one attached hydrogen (secondary N) is 2. The van der Waals surface area contributed by atoms with Gasteiger partial charge >= 0.3 is 0 Å². The van der Waals surface area contributed by atoms with Crippen molar-refractivity contribution >= 4 is 5.96 Å². The molecule has 0 saturated carbocycles. The molecule has 23 heavy (non-hydrogen) atoms. The average Bonchev–Trinajstić information content (AvgIpc) is 2.59. The van der Waals surface area contributed by atoms with Crippen molar-refractivity contribution in [2.45, 2.75) is 40.2 Å². The zero-order valence-corrected chi connectivity index (χ0v) is 14.9. The Hall–Kier alpha value is -1.55. The average molecular weight is 316 g/mol. The second-order valence-electron chi connectivity index (χ2n) is 6.46. The van der Waals surface area contributed by atoms with E-state index in [0.29, 0.717) is 0 Å². The van der Waals surface area contributed by atoms with Crippen molar-refractivity contribution < 1.29 is 0 Å². The fraction of sp³-hybridized carbons (Fsp3) is 0.632. The van der Waals surface area contributed by atoms with Crippen molar-refractivity contribution in [3.63, 3.8) is 0 Å². The first-order chi connectivity index (χ1) is 11.2. The fourth-order valence-corrected chi connectivity index (χ4v) is 3.05. The lowest BCUT2D eigenvalue weighted by Crippen LogP contribution is -2.44. The lowest BCUT2D eigenvalue weighted by atomic mass is 9.98. The maximum Gasteiger partial charge on any atom is 0.191 e. The molecule has 0 aliphatic carbocycles. The third-order valence-corrected chi connectivity index (χ3v) is 4.49. The monoisotopic (exact) mass is 316 g/mol. The number of benzene rings is 1. The highest BCUT2D eigenvalue weighted by Gasteiger charge is 2.18. The van der Waals surface area contributed by atoms with E-state index < -0.39 is 0 Å². The van der Waals surface area contributed by atoms with Crippen LogP contribution in [0.4, 0.5) is 0 Å². The molecular formula is C19H32N4. The Morgan fingerprint density at radius 3 is 2.70 bits per heavy atom. The molecule has 128 valence electrons. The fourth-order valence-electron chi connectivity index (χ4n) is 3.05. The number of aliphatic imine (C=N–C) groups is 1. The minimum atomic E-state index is 0.724.